The first kappa shape index (κ1) is 19.4. The van der Waals surface area contributed by atoms with E-state index < -0.39 is 34.1 Å². The van der Waals surface area contributed by atoms with Gasteiger partial charge in [0.25, 0.3) is 11.6 Å². The van der Waals surface area contributed by atoms with Crippen molar-refractivity contribution in [1.29, 1.82) is 0 Å². The number of amides is 3. The fourth-order valence-electron chi connectivity index (χ4n) is 6.44. The van der Waals surface area contributed by atoms with Crippen molar-refractivity contribution in [3.63, 3.8) is 0 Å². The fraction of sp³-hybridized carbons (Fsp3) is 0.318. The molecule has 2 aromatic rings. The van der Waals surface area contributed by atoms with Gasteiger partial charge in [-0.1, -0.05) is 29.8 Å². The van der Waals surface area contributed by atoms with Gasteiger partial charge in [0, 0.05) is 30.5 Å². The van der Waals surface area contributed by atoms with E-state index in [1.807, 2.05) is 18.2 Å². The lowest BCUT2D eigenvalue weighted by Gasteiger charge is -2.33. The topological polar surface area (TPSA) is 114 Å². The molecule has 0 radical (unpaired) electrons. The molecule has 6 rings (SSSR count). The number of fused-ring (bicyclic) bond motifs is 7. The highest BCUT2D eigenvalue weighted by atomic mass is 35.5. The first-order valence-electron chi connectivity index (χ1n) is 10.5. The maximum Gasteiger partial charge on any atom is 0.291 e. The standard InChI is InChI=1S/C22H17ClN4O5/c23-13-8-7-11(27(31)32)10-16(13)26-19(28)17-15-6-3-9-25(15)22(18(17)20(26)29)12-4-1-2-5-14(12)24-21(22)30/h1-2,4-5,7-8,10,15,17-18H,3,6,9H2,(H,24,30)/p+1/t15-,17-,18+,22+/m1/s1. The smallest absolute Gasteiger partial charge is 0.291 e. The molecule has 9 nitrogen and oxygen atoms in total. The predicted octanol–water partition coefficient (Wildman–Crippen LogP) is 1.26. The van der Waals surface area contributed by atoms with E-state index >= 15 is 0 Å². The number of benzene rings is 2. The highest BCUT2D eigenvalue weighted by Crippen LogP contribution is 2.52. The Balaban J connectivity index is 1.55. The molecule has 2 N–H and O–H groups in total. The van der Waals surface area contributed by atoms with Crippen molar-refractivity contribution in [2.24, 2.45) is 11.8 Å². The van der Waals surface area contributed by atoms with Crippen LogP contribution in [0.2, 0.25) is 5.02 Å². The van der Waals surface area contributed by atoms with E-state index in [1.54, 1.807) is 6.07 Å². The van der Waals surface area contributed by atoms with Crippen LogP contribution in [0.25, 0.3) is 0 Å². The molecule has 0 aliphatic carbocycles. The molecule has 3 fully saturated rings. The minimum Gasteiger partial charge on any atom is -0.320 e. The lowest BCUT2D eigenvalue weighted by molar-refractivity contribution is -0.948. The van der Waals surface area contributed by atoms with E-state index in [2.05, 4.69) is 5.32 Å². The van der Waals surface area contributed by atoms with Crippen molar-refractivity contribution >= 4 is 46.4 Å². The van der Waals surface area contributed by atoms with Crippen LogP contribution in [-0.4, -0.2) is 35.2 Å². The van der Waals surface area contributed by atoms with Crippen LogP contribution in [0.1, 0.15) is 18.4 Å². The van der Waals surface area contributed by atoms with E-state index in [-0.39, 0.29) is 28.3 Å². The first-order chi connectivity index (χ1) is 15.4. The number of para-hydroxylation sites is 1. The molecule has 0 aromatic heterocycles. The quantitative estimate of drug-likeness (QED) is 0.403. The number of hydrogen-bond donors (Lipinski definition) is 2. The Morgan fingerprint density at radius 2 is 1.94 bits per heavy atom. The van der Waals surface area contributed by atoms with Crippen LogP contribution in [0, 0.1) is 22.0 Å². The monoisotopic (exact) mass is 453 g/mol. The number of non-ortho nitro benzene ring substituents is 1. The van der Waals surface area contributed by atoms with Crippen LogP contribution >= 0.6 is 11.6 Å². The second kappa shape index (κ2) is 6.36. The van der Waals surface area contributed by atoms with Crippen molar-refractivity contribution in [3.8, 4) is 0 Å². The molecule has 3 amide bonds. The van der Waals surface area contributed by atoms with Gasteiger partial charge in [-0.25, -0.2) is 4.90 Å². The lowest BCUT2D eigenvalue weighted by Crippen LogP contribution is -3.19. The SMILES string of the molecule is O=C1[C@@H]2[C@H]3CCC[NH+]3[C@]3(C(=O)Nc4ccccc43)[C@@H]2C(=O)N1c1cc([N+](=O)[O-])ccc1Cl. The number of nitrogens with zero attached hydrogens (tertiary/aromatic N) is 2. The van der Waals surface area contributed by atoms with Gasteiger partial charge in [0.1, 0.15) is 17.9 Å². The third-order valence-electron chi connectivity index (χ3n) is 7.51. The lowest BCUT2D eigenvalue weighted by atomic mass is 9.75. The number of nitro benzene ring substituents is 1. The van der Waals surface area contributed by atoms with Crippen molar-refractivity contribution in [2.45, 2.75) is 24.4 Å². The summed E-state index contributed by atoms with van der Waals surface area (Å²) in [5.74, 6) is -2.83. The van der Waals surface area contributed by atoms with Crippen LogP contribution in [-0.2, 0) is 19.9 Å². The molecular weight excluding hydrogens is 436 g/mol. The second-order valence-electron chi connectivity index (χ2n) is 8.74. The molecule has 32 heavy (non-hydrogen) atoms. The van der Waals surface area contributed by atoms with Gasteiger partial charge in [-0.15, -0.1) is 0 Å². The van der Waals surface area contributed by atoms with Crippen LogP contribution in [0.5, 0.6) is 0 Å². The van der Waals surface area contributed by atoms with Crippen LogP contribution < -0.4 is 15.1 Å². The van der Waals surface area contributed by atoms with Gasteiger partial charge in [0.15, 0.2) is 0 Å². The highest BCUT2D eigenvalue weighted by molar-refractivity contribution is 6.36. The molecule has 4 aliphatic rings. The third kappa shape index (κ3) is 2.14. The van der Waals surface area contributed by atoms with Crippen molar-refractivity contribution in [2.75, 3.05) is 16.8 Å². The van der Waals surface area contributed by atoms with Gasteiger partial charge in [0.05, 0.1) is 27.9 Å². The maximum atomic E-state index is 13.9. The summed E-state index contributed by atoms with van der Waals surface area (Å²) in [6.45, 7) is 0.692. The van der Waals surface area contributed by atoms with Crippen LogP contribution in [0.15, 0.2) is 42.5 Å². The molecule has 3 saturated heterocycles. The number of halogens is 1. The van der Waals surface area contributed by atoms with Crippen molar-refractivity contribution in [3.05, 3.63) is 63.2 Å². The van der Waals surface area contributed by atoms with Crippen molar-refractivity contribution < 1.29 is 24.2 Å². The van der Waals surface area contributed by atoms with Gasteiger partial charge >= 0.3 is 0 Å². The minimum absolute atomic E-state index is 0.00773. The number of nitrogens with one attached hydrogen (secondary N) is 2. The van der Waals surface area contributed by atoms with Gasteiger partial charge in [-0.2, -0.15) is 0 Å². The summed E-state index contributed by atoms with van der Waals surface area (Å²) < 4.78 is 0. The molecule has 5 atom stereocenters. The molecule has 4 aliphatic heterocycles. The Morgan fingerprint density at radius 3 is 2.72 bits per heavy atom. The minimum atomic E-state index is -1.20. The average Bonchev–Trinajstić information content (AvgIpc) is 3.47. The summed E-state index contributed by atoms with van der Waals surface area (Å²) in [6.07, 6.45) is 1.57. The second-order valence-corrected chi connectivity index (χ2v) is 9.15. The summed E-state index contributed by atoms with van der Waals surface area (Å²) in [5, 5.41) is 14.3. The molecule has 1 spiro atoms. The number of carbonyl (C=O) groups is 3. The van der Waals surface area contributed by atoms with Crippen LogP contribution in [0.3, 0.4) is 0 Å². The Kier molecular flexibility index (Phi) is 3.86. The Bertz CT molecular complexity index is 1250. The third-order valence-corrected chi connectivity index (χ3v) is 7.83. The zero-order valence-electron chi connectivity index (χ0n) is 16.7. The molecule has 0 saturated carbocycles. The molecule has 2 aromatic carbocycles. The first-order valence-corrected chi connectivity index (χ1v) is 10.8. The van der Waals surface area contributed by atoms with Gasteiger partial charge < -0.3 is 10.2 Å². The summed E-state index contributed by atoms with van der Waals surface area (Å²) in [4.78, 5) is 53.7. The summed E-state index contributed by atoms with van der Waals surface area (Å²) in [5.41, 5.74) is -0.0895. The Hall–Kier alpha value is -3.30. The maximum absolute atomic E-state index is 13.9. The number of hydrogen-bond acceptors (Lipinski definition) is 5. The van der Waals surface area contributed by atoms with E-state index in [0.29, 0.717) is 12.2 Å². The normalized spacial score (nSPS) is 32.3. The number of anilines is 2. The van der Waals surface area contributed by atoms with Crippen molar-refractivity contribution in [1.82, 2.24) is 0 Å². The largest absolute Gasteiger partial charge is 0.320 e. The van der Waals surface area contributed by atoms with Gasteiger partial charge in [-0.05, 0) is 12.1 Å². The van der Waals surface area contributed by atoms with Gasteiger partial charge in [0.2, 0.25) is 17.4 Å². The van der Waals surface area contributed by atoms with Crippen LogP contribution in [0.4, 0.5) is 17.1 Å². The molecule has 0 bridgehead atoms. The molecule has 1 unspecified atom stereocenters. The number of nitro groups is 1. The van der Waals surface area contributed by atoms with Gasteiger partial charge in [-0.3, -0.25) is 24.5 Å². The molecule has 162 valence electrons. The van der Waals surface area contributed by atoms with E-state index in [1.165, 1.54) is 12.1 Å². The fourth-order valence-corrected chi connectivity index (χ4v) is 6.64. The van der Waals surface area contributed by atoms with E-state index in [4.69, 9.17) is 11.6 Å². The van der Waals surface area contributed by atoms with E-state index in [9.17, 15) is 24.5 Å². The molecule has 10 heteroatoms. The molecular formula is C22H18ClN4O5+. The zero-order valence-corrected chi connectivity index (χ0v) is 17.5. The number of quaternary nitrogens is 1. The highest BCUT2D eigenvalue weighted by Gasteiger charge is 2.78. The average molecular weight is 454 g/mol. The number of imide groups is 1. The Labute approximate surface area is 187 Å². The summed E-state index contributed by atoms with van der Waals surface area (Å²) >= 11 is 6.29. The summed E-state index contributed by atoms with van der Waals surface area (Å²) in [6, 6.07) is 10.8. The van der Waals surface area contributed by atoms with E-state index in [0.717, 1.165) is 34.3 Å². The molecule has 4 heterocycles. The summed E-state index contributed by atoms with van der Waals surface area (Å²) in [7, 11) is 0. The number of rotatable bonds is 2. The number of carbonyl (C=O) groups excluding carboxylic acids is 3. The zero-order chi connectivity index (χ0) is 22.4. The Morgan fingerprint density at radius 1 is 1.16 bits per heavy atom. The predicted molar refractivity (Wildman–Crippen MR) is 113 cm³/mol.